The summed E-state index contributed by atoms with van der Waals surface area (Å²) in [5.41, 5.74) is 2.34. The Labute approximate surface area is 185 Å². The number of thiol groups is 1. The van der Waals surface area contributed by atoms with Gasteiger partial charge in [-0.25, -0.2) is 12.8 Å². The molecule has 0 unspecified atom stereocenters. The first-order valence-electron chi connectivity index (χ1n) is 9.77. The largest absolute Gasteiger partial charge is 0.489 e. The molecule has 0 spiro atoms. The molecule has 0 aliphatic rings. The number of benzene rings is 3. The van der Waals surface area contributed by atoms with E-state index in [-0.39, 0.29) is 12.4 Å². The highest BCUT2D eigenvalue weighted by Crippen LogP contribution is 2.23. The van der Waals surface area contributed by atoms with Crippen molar-refractivity contribution in [3.8, 4) is 22.6 Å². The van der Waals surface area contributed by atoms with E-state index in [0.29, 0.717) is 33.7 Å². The molecular formula is C24H19FN2O4S. The van der Waals surface area contributed by atoms with Gasteiger partial charge >= 0.3 is 0 Å². The predicted molar refractivity (Wildman–Crippen MR) is 120 cm³/mol. The van der Waals surface area contributed by atoms with Crippen LogP contribution in [0.25, 0.3) is 16.8 Å². The molecule has 32 heavy (non-hydrogen) atoms. The molecule has 3 aromatic carbocycles. The molecule has 0 bridgehead atoms. The van der Waals surface area contributed by atoms with Crippen molar-refractivity contribution in [3.63, 3.8) is 0 Å². The monoisotopic (exact) mass is 450 g/mol. The van der Waals surface area contributed by atoms with Gasteiger partial charge < -0.3 is 4.74 Å². The average molecular weight is 450 g/mol. The van der Waals surface area contributed by atoms with Crippen LogP contribution in [0.5, 0.6) is 5.75 Å². The normalized spacial score (nSPS) is 10.9. The first-order chi connectivity index (χ1) is 15.5. The van der Waals surface area contributed by atoms with Crippen molar-refractivity contribution in [2.75, 3.05) is 0 Å². The summed E-state index contributed by atoms with van der Waals surface area (Å²) < 4.78 is 42.3. The molecule has 0 saturated heterocycles. The molecule has 0 saturated carbocycles. The van der Waals surface area contributed by atoms with Crippen LogP contribution in [0.15, 0.2) is 89.9 Å². The fraction of sp³-hybridized carbons (Fsp3) is 0.0833. The molecule has 0 aliphatic carbocycles. The van der Waals surface area contributed by atoms with Crippen LogP contribution in [-0.4, -0.2) is 18.2 Å². The number of rotatable bonds is 7. The average Bonchev–Trinajstić information content (AvgIpc) is 2.80. The van der Waals surface area contributed by atoms with E-state index in [1.54, 1.807) is 42.6 Å². The van der Waals surface area contributed by atoms with E-state index in [1.165, 1.54) is 28.9 Å². The lowest BCUT2D eigenvalue weighted by molar-refractivity contribution is 0.304. The molecule has 0 radical (unpaired) electrons. The van der Waals surface area contributed by atoms with E-state index in [9.17, 15) is 17.6 Å². The number of aromatic nitrogens is 2. The zero-order valence-electron chi connectivity index (χ0n) is 16.8. The summed E-state index contributed by atoms with van der Waals surface area (Å²) in [4.78, 5) is 13.3. The second-order valence-electron chi connectivity index (χ2n) is 7.02. The molecule has 0 aliphatic heterocycles. The third kappa shape index (κ3) is 4.92. The second kappa shape index (κ2) is 9.57. The summed E-state index contributed by atoms with van der Waals surface area (Å²) in [6.45, 7) is -0.00390. The Morgan fingerprint density at radius 1 is 0.906 bits per heavy atom. The lowest BCUT2D eigenvalue weighted by Gasteiger charge is -2.14. The first kappa shape index (κ1) is 21.5. The predicted octanol–water partition coefficient (Wildman–Crippen LogP) is 3.73. The van der Waals surface area contributed by atoms with Crippen molar-refractivity contribution in [1.29, 1.82) is 0 Å². The molecule has 4 aromatic rings. The topological polar surface area (TPSA) is 78.3 Å². The Hall–Kier alpha value is -3.78. The fourth-order valence-electron chi connectivity index (χ4n) is 3.25. The van der Waals surface area contributed by atoms with Gasteiger partial charge in [0.15, 0.2) is 0 Å². The maximum atomic E-state index is 13.3. The number of hydrogen-bond acceptors (Lipinski definition) is 5. The van der Waals surface area contributed by atoms with Crippen molar-refractivity contribution in [1.82, 2.24) is 9.78 Å². The Kier molecular flexibility index (Phi) is 6.42. The standard InChI is InChI=1S/C24H19FN2O4S/c25-19-10-12-20(13-11-19)27-24(28)23(15-31-21-4-2-1-3-5-21)22(14-26-27)18-8-6-17(7-9-18)16-32(29)30/h1-14,32H,15-16H2. The van der Waals surface area contributed by atoms with E-state index < -0.39 is 22.1 Å². The third-order valence-corrected chi connectivity index (χ3v) is 5.48. The molecule has 162 valence electrons. The van der Waals surface area contributed by atoms with Crippen LogP contribution in [-0.2, 0) is 23.1 Å². The van der Waals surface area contributed by atoms with Crippen molar-refractivity contribution in [3.05, 3.63) is 112 Å². The quantitative estimate of drug-likeness (QED) is 0.434. The summed E-state index contributed by atoms with van der Waals surface area (Å²) in [6.07, 6.45) is 1.55. The molecule has 4 rings (SSSR count). The molecule has 1 heterocycles. The lowest BCUT2D eigenvalue weighted by Crippen LogP contribution is -2.26. The zero-order chi connectivity index (χ0) is 22.5. The van der Waals surface area contributed by atoms with Gasteiger partial charge in [-0.1, -0.05) is 42.5 Å². The van der Waals surface area contributed by atoms with Crippen LogP contribution in [0.1, 0.15) is 11.1 Å². The molecule has 0 amide bonds. The molecule has 8 heteroatoms. The molecule has 0 atom stereocenters. The van der Waals surface area contributed by atoms with Gasteiger partial charge in [-0.05, 0) is 47.5 Å². The Bertz CT molecular complexity index is 1340. The van der Waals surface area contributed by atoms with Gasteiger partial charge in [-0.2, -0.15) is 9.78 Å². The van der Waals surface area contributed by atoms with Gasteiger partial charge in [0.25, 0.3) is 5.56 Å². The minimum Gasteiger partial charge on any atom is -0.489 e. The van der Waals surface area contributed by atoms with E-state index in [0.717, 1.165) is 0 Å². The highest BCUT2D eigenvalue weighted by molar-refractivity contribution is 7.71. The number of nitrogens with zero attached hydrogens (tertiary/aromatic N) is 2. The Morgan fingerprint density at radius 2 is 1.59 bits per heavy atom. The van der Waals surface area contributed by atoms with Crippen LogP contribution >= 0.6 is 0 Å². The minimum absolute atomic E-state index is 0.00390. The summed E-state index contributed by atoms with van der Waals surface area (Å²) in [5, 5.41) is 4.27. The molecular weight excluding hydrogens is 431 g/mol. The SMILES string of the molecule is O=c1c(COc2ccccc2)c(-c2ccc(C[SH](=O)=O)cc2)cnn1-c1ccc(F)cc1. The molecule has 6 nitrogen and oxygen atoms in total. The van der Waals surface area contributed by atoms with Crippen molar-refractivity contribution in [2.24, 2.45) is 0 Å². The van der Waals surface area contributed by atoms with Gasteiger partial charge in [0, 0.05) is 5.56 Å². The van der Waals surface area contributed by atoms with Crippen LogP contribution in [0.2, 0.25) is 0 Å². The fourth-order valence-corrected chi connectivity index (χ4v) is 3.76. The number of halogens is 1. The van der Waals surface area contributed by atoms with Crippen molar-refractivity contribution < 1.29 is 17.5 Å². The van der Waals surface area contributed by atoms with Crippen LogP contribution < -0.4 is 10.3 Å². The number of ether oxygens (including phenoxy) is 1. The van der Waals surface area contributed by atoms with Crippen LogP contribution in [0.3, 0.4) is 0 Å². The van der Waals surface area contributed by atoms with Gasteiger partial charge in [0.05, 0.1) is 23.2 Å². The third-order valence-electron chi connectivity index (χ3n) is 4.85. The van der Waals surface area contributed by atoms with Crippen molar-refractivity contribution in [2.45, 2.75) is 12.4 Å². The van der Waals surface area contributed by atoms with Crippen LogP contribution in [0.4, 0.5) is 4.39 Å². The maximum Gasteiger partial charge on any atom is 0.278 e. The first-order valence-corrected chi connectivity index (χ1v) is 11.1. The highest BCUT2D eigenvalue weighted by Gasteiger charge is 2.15. The molecule has 0 fully saturated rings. The van der Waals surface area contributed by atoms with Gasteiger partial charge in [-0.3, -0.25) is 4.79 Å². The summed E-state index contributed by atoms with van der Waals surface area (Å²) in [6, 6.07) is 21.5. The van der Waals surface area contributed by atoms with E-state index in [1.807, 2.05) is 18.2 Å². The summed E-state index contributed by atoms with van der Waals surface area (Å²) in [5.74, 6) is 0.146. The molecule has 0 N–H and O–H groups in total. The molecule has 1 aromatic heterocycles. The van der Waals surface area contributed by atoms with Crippen LogP contribution in [0, 0.1) is 5.82 Å². The van der Waals surface area contributed by atoms with E-state index in [2.05, 4.69) is 5.10 Å². The summed E-state index contributed by atoms with van der Waals surface area (Å²) in [7, 11) is -2.53. The maximum absolute atomic E-state index is 13.3. The van der Waals surface area contributed by atoms with Crippen molar-refractivity contribution >= 4 is 10.7 Å². The minimum atomic E-state index is -2.53. The lowest BCUT2D eigenvalue weighted by atomic mass is 10.0. The zero-order valence-corrected chi connectivity index (χ0v) is 17.7. The van der Waals surface area contributed by atoms with Gasteiger partial charge in [0.2, 0.25) is 0 Å². The number of hydrogen-bond donors (Lipinski definition) is 1. The second-order valence-corrected chi connectivity index (χ2v) is 8.00. The highest BCUT2D eigenvalue weighted by atomic mass is 32.2. The smallest absolute Gasteiger partial charge is 0.278 e. The van der Waals surface area contributed by atoms with Gasteiger partial charge in [-0.15, -0.1) is 0 Å². The summed E-state index contributed by atoms with van der Waals surface area (Å²) >= 11 is 0. The van der Waals surface area contributed by atoms with E-state index >= 15 is 0 Å². The van der Waals surface area contributed by atoms with Gasteiger partial charge in [0.1, 0.15) is 28.9 Å². The Morgan fingerprint density at radius 3 is 2.25 bits per heavy atom. The Balaban J connectivity index is 1.76. The van der Waals surface area contributed by atoms with E-state index in [4.69, 9.17) is 4.74 Å². The number of para-hydroxylation sites is 1.